The Labute approximate surface area is 109 Å². The van der Waals surface area contributed by atoms with Crippen LogP contribution < -0.4 is 10.1 Å². The third-order valence-electron chi connectivity index (χ3n) is 3.70. The van der Waals surface area contributed by atoms with Crippen LogP contribution in [0.3, 0.4) is 0 Å². The van der Waals surface area contributed by atoms with E-state index in [1.54, 1.807) is 14.2 Å². The van der Waals surface area contributed by atoms with Crippen molar-refractivity contribution in [3.63, 3.8) is 0 Å². The largest absolute Gasteiger partial charge is 0.497 e. The Bertz CT molecular complexity index is 350. The minimum atomic E-state index is 0.113. The zero-order valence-electron chi connectivity index (χ0n) is 11.4. The van der Waals surface area contributed by atoms with Crippen LogP contribution in [-0.4, -0.2) is 32.9 Å². The molecule has 0 spiro atoms. The lowest BCUT2D eigenvalue weighted by atomic mass is 9.84. The molecule has 1 heterocycles. The van der Waals surface area contributed by atoms with Crippen molar-refractivity contribution in [2.45, 2.75) is 31.2 Å². The summed E-state index contributed by atoms with van der Waals surface area (Å²) in [5.74, 6) is 0.913. The van der Waals surface area contributed by atoms with Gasteiger partial charge in [-0.05, 0) is 43.5 Å². The molecule has 0 aromatic heterocycles. The number of piperidine rings is 1. The van der Waals surface area contributed by atoms with Gasteiger partial charge < -0.3 is 14.8 Å². The maximum absolute atomic E-state index is 5.41. The fourth-order valence-electron chi connectivity index (χ4n) is 2.77. The van der Waals surface area contributed by atoms with Crippen molar-refractivity contribution in [3.8, 4) is 5.75 Å². The molecule has 1 saturated heterocycles. The molecule has 0 bridgehead atoms. The third-order valence-corrected chi connectivity index (χ3v) is 3.70. The van der Waals surface area contributed by atoms with E-state index in [0.29, 0.717) is 0 Å². The third kappa shape index (κ3) is 3.24. The molecule has 100 valence electrons. The Hall–Kier alpha value is -1.06. The second kappa shape index (κ2) is 6.21. The van der Waals surface area contributed by atoms with Gasteiger partial charge in [0.1, 0.15) is 5.75 Å². The molecule has 0 aliphatic carbocycles. The van der Waals surface area contributed by atoms with Gasteiger partial charge >= 0.3 is 0 Å². The quantitative estimate of drug-likeness (QED) is 0.869. The highest BCUT2D eigenvalue weighted by atomic mass is 16.5. The van der Waals surface area contributed by atoms with Gasteiger partial charge in [0, 0.05) is 12.6 Å². The first kappa shape index (κ1) is 13.4. The fraction of sp³-hybridized carbons (Fsp3) is 0.600. The Kier molecular flexibility index (Phi) is 4.61. The summed E-state index contributed by atoms with van der Waals surface area (Å²) in [5.41, 5.74) is 1.45. The molecule has 3 heteroatoms. The van der Waals surface area contributed by atoms with Gasteiger partial charge in [0.05, 0.1) is 13.7 Å². The number of hydrogen-bond donors (Lipinski definition) is 1. The lowest BCUT2D eigenvalue weighted by Gasteiger charge is -2.38. The van der Waals surface area contributed by atoms with Gasteiger partial charge in [-0.2, -0.15) is 0 Å². The van der Waals surface area contributed by atoms with Crippen LogP contribution >= 0.6 is 0 Å². The van der Waals surface area contributed by atoms with Crippen LogP contribution in [0.2, 0.25) is 0 Å². The minimum absolute atomic E-state index is 0.113. The standard InChI is InChI=1S/C15H23NO2/c1-17-12-15(9-3-4-10-16-15)11-13-5-7-14(18-2)8-6-13/h5-8,16H,3-4,9-12H2,1-2H3. The first-order valence-corrected chi connectivity index (χ1v) is 6.65. The number of benzene rings is 1. The Morgan fingerprint density at radius 1 is 1.17 bits per heavy atom. The first-order valence-electron chi connectivity index (χ1n) is 6.65. The van der Waals surface area contributed by atoms with Crippen LogP contribution in [0.4, 0.5) is 0 Å². The molecule has 1 atom stereocenters. The van der Waals surface area contributed by atoms with E-state index in [1.165, 1.54) is 24.8 Å². The Balaban J connectivity index is 2.07. The van der Waals surface area contributed by atoms with E-state index < -0.39 is 0 Å². The second-order valence-corrected chi connectivity index (χ2v) is 5.12. The lowest BCUT2D eigenvalue weighted by Crippen LogP contribution is -2.53. The number of rotatable bonds is 5. The van der Waals surface area contributed by atoms with Crippen molar-refractivity contribution >= 4 is 0 Å². The highest BCUT2D eigenvalue weighted by Crippen LogP contribution is 2.25. The SMILES string of the molecule is COCC1(Cc2ccc(OC)cc2)CCCCN1. The highest BCUT2D eigenvalue weighted by molar-refractivity contribution is 5.28. The number of methoxy groups -OCH3 is 2. The van der Waals surface area contributed by atoms with Crippen LogP contribution in [0.25, 0.3) is 0 Å². The molecule has 1 aliphatic heterocycles. The van der Waals surface area contributed by atoms with Crippen molar-refractivity contribution in [1.82, 2.24) is 5.32 Å². The molecule has 1 unspecified atom stereocenters. The van der Waals surface area contributed by atoms with E-state index in [0.717, 1.165) is 25.3 Å². The molecule has 1 aliphatic rings. The molecule has 0 saturated carbocycles. The summed E-state index contributed by atoms with van der Waals surface area (Å²) >= 11 is 0. The molecular formula is C15H23NO2. The van der Waals surface area contributed by atoms with Gasteiger partial charge in [0.2, 0.25) is 0 Å². The topological polar surface area (TPSA) is 30.5 Å². The summed E-state index contributed by atoms with van der Waals surface area (Å²) in [6.45, 7) is 1.87. The number of hydrogen-bond acceptors (Lipinski definition) is 3. The predicted octanol–water partition coefficient (Wildman–Crippen LogP) is 2.40. The molecule has 1 N–H and O–H groups in total. The minimum Gasteiger partial charge on any atom is -0.497 e. The summed E-state index contributed by atoms with van der Waals surface area (Å²) in [6.07, 6.45) is 4.76. The van der Waals surface area contributed by atoms with Crippen LogP contribution in [-0.2, 0) is 11.2 Å². The summed E-state index contributed by atoms with van der Waals surface area (Å²) in [7, 11) is 3.48. The van der Waals surface area contributed by atoms with Gasteiger partial charge in [-0.1, -0.05) is 18.6 Å². The lowest BCUT2D eigenvalue weighted by molar-refractivity contribution is 0.0894. The van der Waals surface area contributed by atoms with Crippen LogP contribution in [0.1, 0.15) is 24.8 Å². The van der Waals surface area contributed by atoms with Gasteiger partial charge in [0.15, 0.2) is 0 Å². The normalized spacial score (nSPS) is 23.9. The summed E-state index contributed by atoms with van der Waals surface area (Å²) in [4.78, 5) is 0. The maximum atomic E-state index is 5.41. The van der Waals surface area contributed by atoms with E-state index in [9.17, 15) is 0 Å². The Morgan fingerprint density at radius 2 is 1.94 bits per heavy atom. The zero-order valence-corrected chi connectivity index (χ0v) is 11.4. The molecule has 1 fully saturated rings. The zero-order chi connectivity index (χ0) is 12.8. The van der Waals surface area contributed by atoms with E-state index in [2.05, 4.69) is 17.4 Å². The van der Waals surface area contributed by atoms with Crippen molar-refractivity contribution in [1.29, 1.82) is 0 Å². The summed E-state index contributed by atoms with van der Waals surface area (Å²) < 4.78 is 10.6. The molecule has 1 aromatic carbocycles. The first-order chi connectivity index (χ1) is 8.78. The predicted molar refractivity (Wildman–Crippen MR) is 73.2 cm³/mol. The number of nitrogens with one attached hydrogen (secondary N) is 1. The average Bonchev–Trinajstić information content (AvgIpc) is 2.41. The number of ether oxygens (including phenoxy) is 2. The van der Waals surface area contributed by atoms with Gasteiger partial charge in [-0.15, -0.1) is 0 Å². The monoisotopic (exact) mass is 249 g/mol. The fourth-order valence-corrected chi connectivity index (χ4v) is 2.77. The molecule has 2 rings (SSSR count). The summed E-state index contributed by atoms with van der Waals surface area (Å²) in [6, 6.07) is 8.34. The van der Waals surface area contributed by atoms with Crippen molar-refractivity contribution in [2.75, 3.05) is 27.4 Å². The molecule has 3 nitrogen and oxygen atoms in total. The van der Waals surface area contributed by atoms with E-state index in [-0.39, 0.29) is 5.54 Å². The molecule has 1 aromatic rings. The maximum Gasteiger partial charge on any atom is 0.118 e. The van der Waals surface area contributed by atoms with E-state index in [4.69, 9.17) is 9.47 Å². The van der Waals surface area contributed by atoms with E-state index >= 15 is 0 Å². The van der Waals surface area contributed by atoms with Crippen LogP contribution in [0, 0.1) is 0 Å². The van der Waals surface area contributed by atoms with E-state index in [1.807, 2.05) is 12.1 Å². The molecular weight excluding hydrogens is 226 g/mol. The van der Waals surface area contributed by atoms with Gasteiger partial charge in [-0.3, -0.25) is 0 Å². The van der Waals surface area contributed by atoms with Crippen molar-refractivity contribution in [3.05, 3.63) is 29.8 Å². The van der Waals surface area contributed by atoms with Gasteiger partial charge in [-0.25, -0.2) is 0 Å². The second-order valence-electron chi connectivity index (χ2n) is 5.12. The summed E-state index contributed by atoms with van der Waals surface area (Å²) in [5, 5.41) is 3.65. The molecule has 18 heavy (non-hydrogen) atoms. The van der Waals surface area contributed by atoms with Crippen molar-refractivity contribution < 1.29 is 9.47 Å². The average molecular weight is 249 g/mol. The molecule has 0 radical (unpaired) electrons. The highest BCUT2D eigenvalue weighted by Gasteiger charge is 2.31. The van der Waals surface area contributed by atoms with Gasteiger partial charge in [0.25, 0.3) is 0 Å². The van der Waals surface area contributed by atoms with Crippen LogP contribution in [0.15, 0.2) is 24.3 Å². The smallest absolute Gasteiger partial charge is 0.118 e. The van der Waals surface area contributed by atoms with Crippen molar-refractivity contribution in [2.24, 2.45) is 0 Å². The van der Waals surface area contributed by atoms with Crippen LogP contribution in [0.5, 0.6) is 5.75 Å². The molecule has 0 amide bonds. The Morgan fingerprint density at radius 3 is 2.50 bits per heavy atom.